The van der Waals surface area contributed by atoms with Crippen LogP contribution in [0.1, 0.15) is 27.3 Å². The van der Waals surface area contributed by atoms with E-state index in [-0.39, 0.29) is 5.91 Å². The van der Waals surface area contributed by atoms with E-state index in [4.69, 9.17) is 18.0 Å². The van der Waals surface area contributed by atoms with E-state index in [1.807, 2.05) is 31.2 Å². The van der Waals surface area contributed by atoms with Crippen LogP contribution in [0.2, 0.25) is 0 Å². The van der Waals surface area contributed by atoms with Crippen LogP contribution in [-0.4, -0.2) is 20.9 Å². The molecular weight excluding hydrogens is 272 g/mol. The summed E-state index contributed by atoms with van der Waals surface area (Å²) in [6.45, 7) is 2.20. The van der Waals surface area contributed by atoms with Crippen molar-refractivity contribution in [1.29, 1.82) is 0 Å². The number of carbonyl (C=O) groups is 1. The fourth-order valence-corrected chi connectivity index (χ4v) is 1.74. The van der Waals surface area contributed by atoms with Crippen molar-refractivity contribution in [2.24, 2.45) is 5.73 Å². The van der Waals surface area contributed by atoms with Gasteiger partial charge in [-0.05, 0) is 18.6 Å². The molecule has 0 aliphatic rings. The molecule has 0 aliphatic heterocycles. The molecule has 2 rings (SSSR count). The number of thiocarbonyl (C=S) groups is 1. The zero-order valence-electron chi connectivity index (χ0n) is 11.0. The van der Waals surface area contributed by atoms with E-state index in [0.29, 0.717) is 17.2 Å². The Balaban J connectivity index is 2.01. The van der Waals surface area contributed by atoms with Gasteiger partial charge < -0.3 is 11.1 Å². The molecule has 1 amide bonds. The largest absolute Gasteiger partial charge is 0.389 e. The maximum atomic E-state index is 11.9. The molecule has 1 aromatic carbocycles. The van der Waals surface area contributed by atoms with Gasteiger partial charge in [-0.3, -0.25) is 9.78 Å². The maximum Gasteiger partial charge on any atom is 0.271 e. The number of benzene rings is 1. The van der Waals surface area contributed by atoms with E-state index in [0.717, 1.165) is 16.8 Å². The molecular formula is C14H14N4OS. The van der Waals surface area contributed by atoms with Gasteiger partial charge in [0.2, 0.25) is 0 Å². The van der Waals surface area contributed by atoms with E-state index in [9.17, 15) is 4.79 Å². The molecule has 0 fully saturated rings. The molecule has 1 heterocycles. The molecule has 0 aliphatic carbocycles. The average Bonchev–Trinajstić information content (AvgIpc) is 2.46. The van der Waals surface area contributed by atoms with Gasteiger partial charge in [0.25, 0.3) is 5.91 Å². The molecule has 0 radical (unpaired) electrons. The van der Waals surface area contributed by atoms with Crippen LogP contribution < -0.4 is 11.1 Å². The molecule has 0 saturated heterocycles. The summed E-state index contributed by atoms with van der Waals surface area (Å²) in [6.07, 6.45) is 3.01. The molecule has 6 heteroatoms. The standard InChI is InChI=1S/C14H14N4OS/c1-9-6-17-12(8-16-9)14(19)18-7-10-3-2-4-11(5-10)13(15)20/h2-6,8H,7H2,1H3,(H2,15,20)(H,18,19). The second-order valence-electron chi connectivity index (χ2n) is 4.29. The number of aryl methyl sites for hydroxylation is 1. The van der Waals surface area contributed by atoms with Gasteiger partial charge in [0.05, 0.1) is 11.9 Å². The van der Waals surface area contributed by atoms with E-state index in [2.05, 4.69) is 15.3 Å². The highest BCUT2D eigenvalue weighted by Gasteiger charge is 2.07. The molecule has 5 nitrogen and oxygen atoms in total. The van der Waals surface area contributed by atoms with Gasteiger partial charge in [-0.25, -0.2) is 4.98 Å². The third-order valence-electron chi connectivity index (χ3n) is 2.68. The van der Waals surface area contributed by atoms with Crippen LogP contribution >= 0.6 is 12.2 Å². The number of carbonyl (C=O) groups excluding carboxylic acids is 1. The topological polar surface area (TPSA) is 80.9 Å². The second kappa shape index (κ2) is 6.21. The molecule has 1 aromatic heterocycles. The van der Waals surface area contributed by atoms with Crippen molar-refractivity contribution >= 4 is 23.1 Å². The highest BCUT2D eigenvalue weighted by molar-refractivity contribution is 7.80. The van der Waals surface area contributed by atoms with Crippen molar-refractivity contribution in [2.45, 2.75) is 13.5 Å². The van der Waals surface area contributed by atoms with Gasteiger partial charge >= 0.3 is 0 Å². The second-order valence-corrected chi connectivity index (χ2v) is 4.73. The van der Waals surface area contributed by atoms with Gasteiger partial charge in [-0.15, -0.1) is 0 Å². The molecule has 0 atom stereocenters. The zero-order chi connectivity index (χ0) is 14.5. The van der Waals surface area contributed by atoms with Gasteiger partial charge in [-0.2, -0.15) is 0 Å². The Kier molecular flexibility index (Phi) is 4.37. The van der Waals surface area contributed by atoms with Gasteiger partial charge in [0.15, 0.2) is 0 Å². The predicted octanol–water partition coefficient (Wildman–Crippen LogP) is 1.35. The Hall–Kier alpha value is -2.34. The Morgan fingerprint density at radius 2 is 2.15 bits per heavy atom. The van der Waals surface area contributed by atoms with E-state index in [1.165, 1.54) is 6.20 Å². The van der Waals surface area contributed by atoms with E-state index >= 15 is 0 Å². The Bertz CT molecular complexity index is 640. The molecule has 0 unspecified atom stereocenters. The van der Waals surface area contributed by atoms with Crippen molar-refractivity contribution in [3.05, 3.63) is 59.2 Å². The summed E-state index contributed by atoms with van der Waals surface area (Å²) in [5.74, 6) is -0.266. The lowest BCUT2D eigenvalue weighted by atomic mass is 10.1. The summed E-state index contributed by atoms with van der Waals surface area (Å²) >= 11 is 4.92. The number of nitrogens with one attached hydrogen (secondary N) is 1. The van der Waals surface area contributed by atoms with Gasteiger partial charge in [-0.1, -0.05) is 30.4 Å². The zero-order valence-corrected chi connectivity index (χ0v) is 11.8. The summed E-state index contributed by atoms with van der Waals surface area (Å²) < 4.78 is 0. The lowest BCUT2D eigenvalue weighted by molar-refractivity contribution is 0.0945. The van der Waals surface area contributed by atoms with Crippen molar-refractivity contribution < 1.29 is 4.79 Å². The lowest BCUT2D eigenvalue weighted by Gasteiger charge is -2.06. The first-order chi connectivity index (χ1) is 9.56. The van der Waals surface area contributed by atoms with Crippen molar-refractivity contribution in [2.75, 3.05) is 0 Å². The number of nitrogens with two attached hydrogens (primary N) is 1. The number of nitrogens with zero attached hydrogens (tertiary/aromatic N) is 2. The first-order valence-electron chi connectivity index (χ1n) is 6.02. The Morgan fingerprint density at radius 1 is 1.35 bits per heavy atom. The third kappa shape index (κ3) is 3.58. The fourth-order valence-electron chi connectivity index (χ4n) is 1.62. The Morgan fingerprint density at radius 3 is 2.80 bits per heavy atom. The summed E-state index contributed by atoms with van der Waals surface area (Å²) in [4.78, 5) is 20.3. The van der Waals surface area contributed by atoms with Crippen LogP contribution in [-0.2, 0) is 6.54 Å². The number of aromatic nitrogens is 2. The highest BCUT2D eigenvalue weighted by Crippen LogP contribution is 2.05. The minimum absolute atomic E-state index is 0.266. The minimum atomic E-state index is -0.266. The average molecular weight is 286 g/mol. The van der Waals surface area contributed by atoms with Crippen molar-refractivity contribution in [3.8, 4) is 0 Å². The van der Waals surface area contributed by atoms with Crippen LogP contribution in [0.15, 0.2) is 36.7 Å². The minimum Gasteiger partial charge on any atom is -0.389 e. The summed E-state index contributed by atoms with van der Waals surface area (Å²) in [7, 11) is 0. The molecule has 3 N–H and O–H groups in total. The molecule has 0 saturated carbocycles. The third-order valence-corrected chi connectivity index (χ3v) is 2.91. The van der Waals surface area contributed by atoms with Crippen LogP contribution in [0.25, 0.3) is 0 Å². The monoisotopic (exact) mass is 286 g/mol. The summed E-state index contributed by atoms with van der Waals surface area (Å²) in [5, 5.41) is 2.78. The quantitative estimate of drug-likeness (QED) is 0.829. The lowest BCUT2D eigenvalue weighted by Crippen LogP contribution is -2.24. The smallest absolute Gasteiger partial charge is 0.271 e. The van der Waals surface area contributed by atoms with Crippen LogP contribution in [0.4, 0.5) is 0 Å². The predicted molar refractivity (Wildman–Crippen MR) is 80.3 cm³/mol. The van der Waals surface area contributed by atoms with Crippen molar-refractivity contribution in [1.82, 2.24) is 15.3 Å². The Labute approximate surface area is 122 Å². The summed E-state index contributed by atoms with van der Waals surface area (Å²) in [5.41, 5.74) is 8.33. The maximum absolute atomic E-state index is 11.9. The van der Waals surface area contributed by atoms with Gasteiger partial charge in [0, 0.05) is 18.3 Å². The molecule has 20 heavy (non-hydrogen) atoms. The molecule has 2 aromatic rings. The first-order valence-corrected chi connectivity index (χ1v) is 6.42. The number of hydrogen-bond acceptors (Lipinski definition) is 4. The number of amides is 1. The van der Waals surface area contributed by atoms with Crippen LogP contribution in [0.5, 0.6) is 0 Å². The summed E-state index contributed by atoms with van der Waals surface area (Å²) in [6, 6.07) is 7.42. The van der Waals surface area contributed by atoms with Crippen LogP contribution in [0, 0.1) is 6.92 Å². The normalized spacial score (nSPS) is 10.1. The van der Waals surface area contributed by atoms with E-state index < -0.39 is 0 Å². The molecule has 0 bridgehead atoms. The number of rotatable bonds is 4. The molecule has 0 spiro atoms. The van der Waals surface area contributed by atoms with Crippen molar-refractivity contribution in [3.63, 3.8) is 0 Å². The number of hydrogen-bond donors (Lipinski definition) is 2. The molecule has 102 valence electrons. The van der Waals surface area contributed by atoms with Crippen LogP contribution in [0.3, 0.4) is 0 Å². The van der Waals surface area contributed by atoms with Gasteiger partial charge in [0.1, 0.15) is 10.7 Å². The van der Waals surface area contributed by atoms with E-state index in [1.54, 1.807) is 6.20 Å². The highest BCUT2D eigenvalue weighted by atomic mass is 32.1. The fraction of sp³-hybridized carbons (Fsp3) is 0.143. The first kappa shape index (κ1) is 14.1. The SMILES string of the molecule is Cc1cnc(C(=O)NCc2cccc(C(N)=S)c2)cn1.